The normalized spacial score (nSPS) is 17.6. The van der Waals surface area contributed by atoms with Gasteiger partial charge in [0.15, 0.2) is 5.11 Å². The van der Waals surface area contributed by atoms with E-state index in [1.54, 1.807) is 0 Å². The van der Waals surface area contributed by atoms with E-state index in [4.69, 9.17) is 17.2 Å². The van der Waals surface area contributed by atoms with Crippen molar-refractivity contribution >= 4 is 28.4 Å². The number of hydrogen-bond acceptors (Lipinski definition) is 2. The molecule has 5 heteroatoms. The van der Waals surface area contributed by atoms with Crippen molar-refractivity contribution in [1.29, 1.82) is 0 Å². The van der Waals surface area contributed by atoms with Gasteiger partial charge in [-0.15, -0.1) is 0 Å². The Morgan fingerprint density at radius 3 is 2.80 bits per heavy atom. The molecule has 0 aliphatic carbocycles. The molecule has 0 radical (unpaired) electrons. The van der Waals surface area contributed by atoms with E-state index >= 15 is 0 Å². The van der Waals surface area contributed by atoms with Gasteiger partial charge in [-0.3, -0.25) is 0 Å². The molecule has 0 amide bonds. The lowest BCUT2D eigenvalue weighted by molar-refractivity contribution is 0.300. The molecule has 2 heterocycles. The van der Waals surface area contributed by atoms with Crippen LogP contribution in [0.2, 0.25) is 0 Å². The van der Waals surface area contributed by atoms with Crippen LogP contribution >= 0.6 is 12.2 Å². The van der Waals surface area contributed by atoms with Gasteiger partial charge in [-0.2, -0.15) is 0 Å². The number of fused-ring (bicyclic) bond motifs is 1. The van der Waals surface area contributed by atoms with E-state index in [2.05, 4.69) is 51.6 Å². The second-order valence-electron chi connectivity index (χ2n) is 6.57. The van der Waals surface area contributed by atoms with Gasteiger partial charge in [0.1, 0.15) is 5.82 Å². The number of H-pyrrole nitrogens is 1. The average molecular weight is 350 g/mol. The van der Waals surface area contributed by atoms with E-state index in [-0.39, 0.29) is 0 Å². The Morgan fingerprint density at radius 1 is 1.16 bits per heavy atom. The quantitative estimate of drug-likeness (QED) is 0.705. The van der Waals surface area contributed by atoms with Gasteiger partial charge in [0.2, 0.25) is 0 Å². The van der Waals surface area contributed by atoms with Gasteiger partial charge < -0.3 is 15.2 Å². The number of aromatic nitrogens is 2. The summed E-state index contributed by atoms with van der Waals surface area (Å²) in [6.07, 6.45) is 2.28. The molecule has 1 saturated heterocycles. The monoisotopic (exact) mass is 350 g/mol. The van der Waals surface area contributed by atoms with Gasteiger partial charge in [-0.25, -0.2) is 4.98 Å². The second-order valence-corrected chi connectivity index (χ2v) is 6.96. The van der Waals surface area contributed by atoms with Crippen molar-refractivity contribution in [3.63, 3.8) is 0 Å². The SMILES string of the molecule is S=C(NCc1ccccc1)N1CCC[C@@H](c2nc3ccccc3[nH]2)C1. The molecule has 1 atom stereocenters. The van der Waals surface area contributed by atoms with Crippen LogP contribution in [0.25, 0.3) is 11.0 Å². The molecule has 0 unspecified atom stereocenters. The van der Waals surface area contributed by atoms with Gasteiger partial charge in [-0.05, 0) is 42.8 Å². The van der Waals surface area contributed by atoms with Gasteiger partial charge in [0.25, 0.3) is 0 Å². The molecule has 1 aromatic heterocycles. The van der Waals surface area contributed by atoms with Crippen LogP contribution in [-0.4, -0.2) is 33.1 Å². The number of nitrogens with zero attached hydrogens (tertiary/aromatic N) is 2. The van der Waals surface area contributed by atoms with E-state index in [9.17, 15) is 0 Å². The van der Waals surface area contributed by atoms with Crippen LogP contribution in [-0.2, 0) is 6.54 Å². The number of rotatable bonds is 3. The molecule has 2 aromatic carbocycles. The molecule has 1 aliphatic rings. The third kappa shape index (κ3) is 3.66. The fraction of sp³-hybridized carbons (Fsp3) is 0.300. The van der Waals surface area contributed by atoms with Crippen molar-refractivity contribution in [3.05, 3.63) is 66.0 Å². The third-order valence-corrected chi connectivity index (χ3v) is 5.19. The van der Waals surface area contributed by atoms with Gasteiger partial charge in [0, 0.05) is 25.6 Å². The Kier molecular flexibility index (Phi) is 4.65. The van der Waals surface area contributed by atoms with Crippen molar-refractivity contribution in [2.24, 2.45) is 0 Å². The summed E-state index contributed by atoms with van der Waals surface area (Å²) in [5.74, 6) is 1.48. The summed E-state index contributed by atoms with van der Waals surface area (Å²) in [5, 5.41) is 4.23. The fourth-order valence-electron chi connectivity index (χ4n) is 3.44. The molecule has 2 N–H and O–H groups in total. The van der Waals surface area contributed by atoms with Crippen LogP contribution in [0.15, 0.2) is 54.6 Å². The predicted octanol–water partition coefficient (Wildman–Crippen LogP) is 3.82. The minimum atomic E-state index is 0.401. The number of piperidine rings is 1. The number of hydrogen-bond donors (Lipinski definition) is 2. The molecule has 0 saturated carbocycles. The number of para-hydroxylation sites is 2. The molecular weight excluding hydrogens is 328 g/mol. The molecule has 3 aromatic rings. The highest BCUT2D eigenvalue weighted by atomic mass is 32.1. The largest absolute Gasteiger partial charge is 0.358 e. The highest BCUT2D eigenvalue weighted by molar-refractivity contribution is 7.80. The van der Waals surface area contributed by atoms with Crippen LogP contribution in [0.5, 0.6) is 0 Å². The molecule has 0 bridgehead atoms. The van der Waals surface area contributed by atoms with E-state index < -0.39 is 0 Å². The van der Waals surface area contributed by atoms with E-state index in [1.807, 2.05) is 18.2 Å². The number of thiocarbonyl (C=S) groups is 1. The summed E-state index contributed by atoms with van der Waals surface area (Å²) in [6.45, 7) is 2.70. The topological polar surface area (TPSA) is 44.0 Å². The smallest absolute Gasteiger partial charge is 0.169 e. The lowest BCUT2D eigenvalue weighted by Gasteiger charge is -2.33. The Balaban J connectivity index is 1.41. The number of imidazole rings is 1. The maximum Gasteiger partial charge on any atom is 0.169 e. The highest BCUT2D eigenvalue weighted by Crippen LogP contribution is 2.26. The number of nitrogens with one attached hydrogen (secondary N) is 2. The van der Waals surface area contributed by atoms with Crippen LogP contribution in [0.3, 0.4) is 0 Å². The molecule has 25 heavy (non-hydrogen) atoms. The van der Waals surface area contributed by atoms with Gasteiger partial charge in [-0.1, -0.05) is 42.5 Å². The standard InChI is InChI=1S/C20H22N4S/c25-20(21-13-15-7-2-1-3-8-15)24-12-6-9-16(14-24)19-22-17-10-4-5-11-18(17)23-19/h1-5,7-8,10-11,16H,6,9,12-14H2,(H,21,25)(H,22,23)/t16-/m1/s1. The Morgan fingerprint density at radius 2 is 1.96 bits per heavy atom. The van der Waals surface area contributed by atoms with E-state index in [0.29, 0.717) is 5.92 Å². The van der Waals surface area contributed by atoms with E-state index in [1.165, 1.54) is 5.56 Å². The molecule has 4 rings (SSSR count). The molecule has 1 fully saturated rings. The molecule has 1 aliphatic heterocycles. The first-order chi connectivity index (χ1) is 12.3. The molecule has 4 nitrogen and oxygen atoms in total. The van der Waals surface area contributed by atoms with Crippen molar-refractivity contribution in [2.45, 2.75) is 25.3 Å². The first-order valence-corrected chi connectivity index (χ1v) is 9.22. The van der Waals surface area contributed by atoms with Crippen molar-refractivity contribution in [2.75, 3.05) is 13.1 Å². The fourth-order valence-corrected chi connectivity index (χ4v) is 3.67. The summed E-state index contributed by atoms with van der Waals surface area (Å²) in [6, 6.07) is 18.6. The predicted molar refractivity (Wildman–Crippen MR) is 106 cm³/mol. The number of aromatic amines is 1. The average Bonchev–Trinajstić information content (AvgIpc) is 3.11. The maximum atomic E-state index is 5.62. The van der Waals surface area contributed by atoms with Crippen LogP contribution in [0.1, 0.15) is 30.1 Å². The van der Waals surface area contributed by atoms with Gasteiger partial charge >= 0.3 is 0 Å². The Hall–Kier alpha value is -2.40. The zero-order valence-electron chi connectivity index (χ0n) is 14.1. The van der Waals surface area contributed by atoms with Crippen molar-refractivity contribution in [1.82, 2.24) is 20.2 Å². The summed E-state index contributed by atoms with van der Waals surface area (Å²) in [5.41, 5.74) is 3.40. The zero-order chi connectivity index (χ0) is 17.1. The highest BCUT2D eigenvalue weighted by Gasteiger charge is 2.25. The summed E-state index contributed by atoms with van der Waals surface area (Å²) < 4.78 is 0. The summed E-state index contributed by atoms with van der Waals surface area (Å²) >= 11 is 5.62. The van der Waals surface area contributed by atoms with Crippen molar-refractivity contribution < 1.29 is 0 Å². The second kappa shape index (κ2) is 7.23. The minimum Gasteiger partial charge on any atom is -0.358 e. The number of benzene rings is 2. The Bertz CT molecular complexity index is 825. The van der Waals surface area contributed by atoms with Crippen LogP contribution in [0.4, 0.5) is 0 Å². The first-order valence-electron chi connectivity index (χ1n) is 8.81. The van der Waals surface area contributed by atoms with E-state index in [0.717, 1.165) is 54.4 Å². The lowest BCUT2D eigenvalue weighted by Crippen LogP contribution is -2.44. The third-order valence-electron chi connectivity index (χ3n) is 4.79. The summed E-state index contributed by atoms with van der Waals surface area (Å²) in [4.78, 5) is 10.5. The van der Waals surface area contributed by atoms with Crippen LogP contribution in [0, 0.1) is 0 Å². The first kappa shape index (κ1) is 16.1. The number of likely N-dealkylation sites (tertiary alicyclic amines) is 1. The zero-order valence-corrected chi connectivity index (χ0v) is 14.9. The Labute approximate surface area is 153 Å². The lowest BCUT2D eigenvalue weighted by atomic mass is 9.98. The van der Waals surface area contributed by atoms with Crippen LogP contribution < -0.4 is 5.32 Å². The molecular formula is C20H22N4S. The maximum absolute atomic E-state index is 5.62. The van der Waals surface area contributed by atoms with Gasteiger partial charge in [0.05, 0.1) is 11.0 Å². The minimum absolute atomic E-state index is 0.401. The summed E-state index contributed by atoms with van der Waals surface area (Å²) in [7, 11) is 0. The van der Waals surface area contributed by atoms with Crippen molar-refractivity contribution in [3.8, 4) is 0 Å². The molecule has 0 spiro atoms. The molecule has 128 valence electrons.